The minimum atomic E-state index is -0.318. The Morgan fingerprint density at radius 3 is 2.86 bits per heavy atom. The van der Waals surface area contributed by atoms with Crippen molar-refractivity contribution in [2.75, 3.05) is 0 Å². The number of hydrogen-bond acceptors (Lipinski definition) is 4. The van der Waals surface area contributed by atoms with E-state index in [1.165, 1.54) is 23.5 Å². The summed E-state index contributed by atoms with van der Waals surface area (Å²) >= 11 is 2.89. The molecule has 3 rings (SSSR count). The molecule has 0 unspecified atom stereocenters. The fourth-order valence-corrected chi connectivity index (χ4v) is 3.51. The number of halogens is 1. The van der Waals surface area contributed by atoms with E-state index < -0.39 is 0 Å². The molecule has 0 atom stereocenters. The molecular formula is C15H11FN2OS2. The normalized spacial score (nSPS) is 13.0. The molecule has 1 aromatic carbocycles. The number of rotatable bonds is 2. The highest BCUT2D eigenvalue weighted by molar-refractivity contribution is 7.12. The summed E-state index contributed by atoms with van der Waals surface area (Å²) in [5.41, 5.74) is 0.489. The summed E-state index contributed by atoms with van der Waals surface area (Å²) in [6.07, 6.45) is 5.31. The van der Waals surface area contributed by atoms with Crippen LogP contribution in [-0.4, -0.2) is 9.97 Å². The number of nitrogens with one attached hydrogen (secondary N) is 1. The topological polar surface area (TPSA) is 45.8 Å². The second kappa shape index (κ2) is 5.75. The molecule has 0 fully saturated rings. The molecular weight excluding hydrogens is 307 g/mol. The third-order valence-electron chi connectivity index (χ3n) is 2.72. The molecule has 2 aromatic heterocycles. The molecule has 0 radical (unpaired) electrons. The van der Waals surface area contributed by atoms with E-state index in [9.17, 15) is 9.18 Å². The van der Waals surface area contributed by atoms with Crippen LogP contribution >= 0.6 is 22.7 Å². The van der Waals surface area contributed by atoms with Crippen LogP contribution in [0.1, 0.15) is 15.4 Å². The lowest BCUT2D eigenvalue weighted by atomic mass is 10.2. The van der Waals surface area contributed by atoms with Gasteiger partial charge in [-0.2, -0.15) is 0 Å². The van der Waals surface area contributed by atoms with Gasteiger partial charge in [-0.15, -0.1) is 22.7 Å². The third-order valence-corrected chi connectivity index (χ3v) is 4.54. The highest BCUT2D eigenvalue weighted by Crippen LogP contribution is 2.11. The number of benzene rings is 1. The average molecular weight is 318 g/mol. The summed E-state index contributed by atoms with van der Waals surface area (Å²) in [6.45, 7) is 1.98. The van der Waals surface area contributed by atoms with Gasteiger partial charge in [-0.25, -0.2) is 9.37 Å². The highest BCUT2D eigenvalue weighted by Gasteiger charge is 1.98. The maximum atomic E-state index is 13.1. The molecule has 6 heteroatoms. The predicted octanol–water partition coefficient (Wildman–Crippen LogP) is 2.00. The summed E-state index contributed by atoms with van der Waals surface area (Å²) in [4.78, 5) is 20.1. The molecule has 0 amide bonds. The summed E-state index contributed by atoms with van der Waals surface area (Å²) in [6, 6.07) is 6.15. The summed E-state index contributed by atoms with van der Waals surface area (Å²) in [5.74, 6) is -0.318. The quantitative estimate of drug-likeness (QED) is 0.785. The first-order valence-electron chi connectivity index (χ1n) is 6.21. The van der Waals surface area contributed by atoms with Crippen LogP contribution in [0.2, 0.25) is 0 Å². The smallest absolute Gasteiger partial charge is 0.266 e. The van der Waals surface area contributed by atoms with E-state index in [1.807, 2.05) is 13.0 Å². The van der Waals surface area contributed by atoms with Gasteiger partial charge >= 0.3 is 0 Å². The first-order chi connectivity index (χ1) is 10.1. The fourth-order valence-electron chi connectivity index (χ4n) is 1.82. The van der Waals surface area contributed by atoms with Gasteiger partial charge in [0.2, 0.25) is 0 Å². The van der Waals surface area contributed by atoms with Crippen LogP contribution in [0.4, 0.5) is 4.39 Å². The number of hydrogen-bond donors (Lipinski definition) is 1. The largest absolute Gasteiger partial charge is 0.313 e. The first-order valence-corrected chi connectivity index (χ1v) is 7.84. The zero-order valence-electron chi connectivity index (χ0n) is 11.1. The number of aromatic nitrogens is 2. The van der Waals surface area contributed by atoms with Crippen LogP contribution in [0.3, 0.4) is 0 Å². The second-order valence-corrected chi connectivity index (χ2v) is 6.79. The summed E-state index contributed by atoms with van der Waals surface area (Å²) in [7, 11) is 0. The molecule has 0 bridgehead atoms. The van der Waals surface area contributed by atoms with Gasteiger partial charge in [-0.05, 0) is 30.7 Å². The molecule has 1 N–H and O–H groups in total. The maximum Gasteiger partial charge on any atom is 0.266 e. The van der Waals surface area contributed by atoms with Gasteiger partial charge in [0.25, 0.3) is 5.56 Å². The Labute approximate surface area is 127 Å². The van der Waals surface area contributed by atoms with Crippen LogP contribution in [0.5, 0.6) is 0 Å². The zero-order chi connectivity index (χ0) is 14.8. The Morgan fingerprint density at radius 1 is 1.29 bits per heavy atom. The number of aromatic amines is 1. The van der Waals surface area contributed by atoms with Gasteiger partial charge in [0.05, 0.1) is 9.20 Å². The lowest BCUT2D eigenvalue weighted by molar-refractivity contribution is 0.627. The van der Waals surface area contributed by atoms with Gasteiger partial charge in [0.1, 0.15) is 10.8 Å². The Morgan fingerprint density at radius 2 is 2.14 bits per heavy atom. The summed E-state index contributed by atoms with van der Waals surface area (Å²) < 4.78 is 14.4. The van der Waals surface area contributed by atoms with Gasteiger partial charge in [0.15, 0.2) is 0 Å². The Balaban J connectivity index is 2.06. The van der Waals surface area contributed by atoms with E-state index in [0.29, 0.717) is 10.1 Å². The lowest BCUT2D eigenvalue weighted by Crippen LogP contribution is -2.19. The average Bonchev–Trinajstić information content (AvgIpc) is 2.97. The van der Waals surface area contributed by atoms with Crippen molar-refractivity contribution in [3.63, 3.8) is 0 Å². The van der Waals surface area contributed by atoms with E-state index >= 15 is 0 Å². The third kappa shape index (κ3) is 3.34. The van der Waals surface area contributed by atoms with E-state index in [4.69, 9.17) is 0 Å². The van der Waals surface area contributed by atoms with Crippen molar-refractivity contribution in [3.05, 3.63) is 71.3 Å². The predicted molar refractivity (Wildman–Crippen MR) is 84.6 cm³/mol. The molecule has 3 nitrogen and oxygen atoms in total. The van der Waals surface area contributed by atoms with Gasteiger partial charge in [-0.3, -0.25) is 4.79 Å². The van der Waals surface area contributed by atoms with Gasteiger partial charge in [-0.1, -0.05) is 12.1 Å². The molecule has 0 saturated carbocycles. The van der Waals surface area contributed by atoms with Crippen LogP contribution in [0, 0.1) is 12.7 Å². The van der Waals surface area contributed by atoms with Crippen LogP contribution in [0.15, 0.2) is 35.3 Å². The Kier molecular flexibility index (Phi) is 3.81. The SMILES string of the molecule is Cc1cnc(/C=c2\[nH]c(=O)/c(=C\c3cccc(F)c3)s2)s1. The molecule has 0 aliphatic rings. The molecule has 2 heterocycles. The number of H-pyrrole nitrogens is 1. The zero-order valence-corrected chi connectivity index (χ0v) is 12.7. The van der Waals surface area contributed by atoms with Gasteiger partial charge < -0.3 is 4.98 Å². The van der Waals surface area contributed by atoms with E-state index in [-0.39, 0.29) is 11.4 Å². The lowest BCUT2D eigenvalue weighted by Gasteiger charge is -1.90. The van der Waals surface area contributed by atoms with Crippen molar-refractivity contribution < 1.29 is 4.39 Å². The summed E-state index contributed by atoms with van der Waals surface area (Å²) in [5, 5.41) is 0.849. The van der Waals surface area contributed by atoms with Crippen molar-refractivity contribution >= 4 is 34.8 Å². The van der Waals surface area contributed by atoms with Crippen molar-refractivity contribution in [2.45, 2.75) is 6.92 Å². The van der Waals surface area contributed by atoms with E-state index in [1.54, 1.807) is 35.7 Å². The molecule has 0 spiro atoms. The molecule has 106 valence electrons. The Hall–Kier alpha value is -2.05. The highest BCUT2D eigenvalue weighted by atomic mass is 32.1. The molecule has 21 heavy (non-hydrogen) atoms. The van der Waals surface area contributed by atoms with E-state index in [2.05, 4.69) is 9.97 Å². The maximum absolute atomic E-state index is 13.1. The monoisotopic (exact) mass is 318 g/mol. The van der Waals surface area contributed by atoms with Crippen LogP contribution < -0.4 is 14.8 Å². The van der Waals surface area contributed by atoms with Crippen molar-refractivity contribution in [2.24, 2.45) is 0 Å². The Bertz CT molecular complexity index is 952. The first kappa shape index (κ1) is 13.9. The number of nitrogens with zero attached hydrogens (tertiary/aromatic N) is 1. The molecule has 0 saturated heterocycles. The second-order valence-electron chi connectivity index (χ2n) is 4.44. The van der Waals surface area contributed by atoms with E-state index in [0.717, 1.165) is 14.5 Å². The molecule has 0 aliphatic heterocycles. The minimum Gasteiger partial charge on any atom is -0.313 e. The van der Waals surface area contributed by atoms with Crippen molar-refractivity contribution in [1.29, 1.82) is 0 Å². The van der Waals surface area contributed by atoms with Crippen LogP contribution in [0.25, 0.3) is 12.2 Å². The van der Waals surface area contributed by atoms with Crippen molar-refractivity contribution in [1.82, 2.24) is 9.97 Å². The standard InChI is InChI=1S/C15H11FN2OS2/c1-9-8-17-13(20-9)7-14-18-15(19)12(21-14)6-10-3-2-4-11(16)5-10/h2-8H,1H3,(H,18,19)/b12-6+,14-7+. The molecule has 3 aromatic rings. The number of aryl methyl sites for hydroxylation is 1. The minimum absolute atomic E-state index is 0.177. The van der Waals surface area contributed by atoms with Crippen LogP contribution in [-0.2, 0) is 0 Å². The van der Waals surface area contributed by atoms with Gasteiger partial charge in [0, 0.05) is 17.2 Å². The molecule has 0 aliphatic carbocycles. The number of thiazole rings is 2. The fraction of sp³-hybridized carbons (Fsp3) is 0.0667. The van der Waals surface area contributed by atoms with Crippen molar-refractivity contribution in [3.8, 4) is 0 Å².